The molecule has 0 spiro atoms. The molecule has 0 saturated heterocycles. The van der Waals surface area contributed by atoms with E-state index < -0.39 is 104 Å². The Labute approximate surface area is 288 Å². The number of unbranched alkanes of at least 4 members (excludes halogenated alkanes) is 4. The Hall–Kier alpha value is -3.30. The highest BCUT2D eigenvalue weighted by Gasteiger charge is 2.37. The number of hydrogen-bond donors (Lipinski definition) is 7. The van der Waals surface area contributed by atoms with Gasteiger partial charge in [-0.2, -0.15) is 0 Å². The van der Waals surface area contributed by atoms with Gasteiger partial charge in [-0.1, -0.05) is 59.3 Å². The molecule has 0 aromatic carbocycles. The van der Waals surface area contributed by atoms with Gasteiger partial charge < -0.3 is 45.8 Å². The van der Waals surface area contributed by atoms with Crippen LogP contribution < -0.4 is 5.73 Å². The third kappa shape index (κ3) is 21.4. The molecule has 49 heavy (non-hydrogen) atoms. The molecule has 0 fully saturated rings. The van der Waals surface area contributed by atoms with Crippen molar-refractivity contribution in [2.45, 2.75) is 154 Å². The maximum Gasteiger partial charge on any atom is 0.307 e. The molecule has 0 aliphatic rings. The Morgan fingerprint density at radius 2 is 1.12 bits per heavy atom. The van der Waals surface area contributed by atoms with Crippen molar-refractivity contribution in [3.63, 3.8) is 0 Å². The van der Waals surface area contributed by atoms with E-state index in [1.165, 1.54) is 0 Å². The molecule has 0 aromatic rings. The molecule has 9 atom stereocenters. The van der Waals surface area contributed by atoms with Crippen molar-refractivity contribution in [1.82, 2.24) is 0 Å². The molecule has 0 radical (unpaired) electrons. The fourth-order valence-corrected chi connectivity index (χ4v) is 5.66. The van der Waals surface area contributed by atoms with Gasteiger partial charge >= 0.3 is 35.8 Å². The summed E-state index contributed by atoms with van der Waals surface area (Å²) in [6.45, 7) is 7.23. The molecule has 2 unspecified atom stereocenters. The Bertz CT molecular complexity index is 1030. The number of esters is 2. The summed E-state index contributed by atoms with van der Waals surface area (Å²) < 4.78 is 11.4. The van der Waals surface area contributed by atoms with Crippen LogP contribution in [0.4, 0.5) is 0 Å². The second-order valence-electron chi connectivity index (χ2n) is 13.4. The number of aliphatic hydroxyl groups is 2. The number of carboxylic acids is 4. The third-order valence-corrected chi connectivity index (χ3v) is 8.56. The first-order chi connectivity index (χ1) is 22.9. The molecule has 0 amide bonds. The van der Waals surface area contributed by atoms with Crippen LogP contribution in [-0.4, -0.2) is 96.9 Å². The van der Waals surface area contributed by atoms with Gasteiger partial charge in [0, 0.05) is 6.04 Å². The fourth-order valence-electron chi connectivity index (χ4n) is 5.66. The molecular formula is C34H59NO14. The minimum atomic E-state index is -1.57. The van der Waals surface area contributed by atoms with Crippen molar-refractivity contribution < 1.29 is 68.9 Å². The van der Waals surface area contributed by atoms with E-state index in [9.17, 15) is 49.2 Å². The van der Waals surface area contributed by atoms with Crippen LogP contribution in [0, 0.1) is 23.7 Å². The highest BCUT2D eigenvalue weighted by atomic mass is 16.8. The quantitative estimate of drug-likeness (QED) is 0.0328. The number of aliphatic carboxylic acids is 4. The summed E-state index contributed by atoms with van der Waals surface area (Å²) in [7, 11) is 0. The summed E-state index contributed by atoms with van der Waals surface area (Å²) in [6.07, 6.45) is -0.0465. The van der Waals surface area contributed by atoms with Gasteiger partial charge in [-0.3, -0.25) is 28.8 Å². The summed E-state index contributed by atoms with van der Waals surface area (Å²) in [4.78, 5) is 71.6. The highest BCUT2D eigenvalue weighted by Crippen LogP contribution is 2.29. The van der Waals surface area contributed by atoms with Gasteiger partial charge in [0.25, 0.3) is 0 Å². The Morgan fingerprint density at radius 3 is 1.57 bits per heavy atom. The number of carbonyl (C=O) groups excluding carboxylic acids is 2. The lowest BCUT2D eigenvalue weighted by Gasteiger charge is -2.33. The molecule has 0 saturated carbocycles. The lowest BCUT2D eigenvalue weighted by molar-refractivity contribution is -0.177. The van der Waals surface area contributed by atoms with E-state index in [2.05, 4.69) is 0 Å². The first kappa shape index (κ1) is 45.7. The zero-order valence-corrected chi connectivity index (χ0v) is 29.3. The number of aliphatic hydroxyl groups excluding tert-OH is 2. The van der Waals surface area contributed by atoms with Crippen molar-refractivity contribution in [3.05, 3.63) is 0 Å². The van der Waals surface area contributed by atoms with E-state index in [0.29, 0.717) is 25.7 Å². The van der Waals surface area contributed by atoms with Crippen LogP contribution in [0.3, 0.4) is 0 Å². The smallest absolute Gasteiger partial charge is 0.307 e. The average Bonchev–Trinajstić information content (AvgIpc) is 2.98. The molecule has 0 aromatic heterocycles. The van der Waals surface area contributed by atoms with E-state index in [1.54, 1.807) is 20.8 Å². The average molecular weight is 740 g/mol. The summed E-state index contributed by atoms with van der Waals surface area (Å²) in [5.74, 6) is -11.8. The second-order valence-corrected chi connectivity index (χ2v) is 13.4. The van der Waals surface area contributed by atoms with Crippen LogP contribution in [0.1, 0.15) is 124 Å². The lowest BCUT2D eigenvalue weighted by atomic mass is 10.8. The maximum atomic E-state index is 13.0. The first-order valence-electron chi connectivity index (χ1n) is 17.3. The number of carboxylic acid groups (broad SMARTS) is 4. The number of hydrogen-bond acceptors (Lipinski definition) is 11. The molecule has 8 N–H and O–H groups in total. The Morgan fingerprint density at radius 1 is 0.633 bits per heavy atom. The second kappa shape index (κ2) is 24.8. The van der Waals surface area contributed by atoms with Crippen LogP contribution in [0.15, 0.2) is 0 Å². The maximum absolute atomic E-state index is 13.0. The summed E-state index contributed by atoms with van der Waals surface area (Å²) in [6, 6.07) is -0.300. The summed E-state index contributed by atoms with van der Waals surface area (Å²) in [5, 5.41) is 57.6. The van der Waals surface area contributed by atoms with Crippen molar-refractivity contribution in [2.75, 3.05) is 0 Å². The number of nitrogens with two attached hydrogens (primary N) is 1. The van der Waals surface area contributed by atoms with Crippen LogP contribution in [0.5, 0.6) is 0 Å². The zero-order chi connectivity index (χ0) is 37.7. The monoisotopic (exact) mass is 740 g/mol. The Kier molecular flexibility index (Phi) is 23.1. The minimum Gasteiger partial charge on any atom is -0.481 e. The molecule has 0 bridgehead atoms. The molecule has 0 aliphatic carbocycles. The number of ether oxygens (including phenoxy) is 2. The lowest BCUT2D eigenvalue weighted by Crippen LogP contribution is -2.42. The molecule has 15 heteroatoms. The fraction of sp³-hybridized carbons (Fsp3) is 0.824. The molecule has 0 rings (SSSR count). The van der Waals surface area contributed by atoms with Gasteiger partial charge in [0.2, 0.25) is 0 Å². The van der Waals surface area contributed by atoms with Gasteiger partial charge in [-0.25, -0.2) is 0 Å². The van der Waals surface area contributed by atoms with Crippen LogP contribution >= 0.6 is 0 Å². The van der Waals surface area contributed by atoms with Gasteiger partial charge in [-0.05, 0) is 50.9 Å². The molecular weight excluding hydrogens is 680 g/mol. The van der Waals surface area contributed by atoms with Crippen molar-refractivity contribution in [3.8, 4) is 0 Å². The zero-order valence-electron chi connectivity index (χ0n) is 29.3. The normalized spacial score (nSPS) is 17.0. The predicted molar refractivity (Wildman–Crippen MR) is 176 cm³/mol. The predicted octanol–water partition coefficient (Wildman–Crippen LogP) is 3.59. The van der Waals surface area contributed by atoms with Crippen molar-refractivity contribution >= 4 is 35.8 Å². The summed E-state index contributed by atoms with van der Waals surface area (Å²) >= 11 is 0. The SMILES string of the molecule is [13CH3][13CH2][13CH2][13CH2][13C@@H]([13CH3])[13C@@H](O[13C](=O)[13CH2][13CH]([13CH2][13C](=O)O)[13C](=O)O)[13C@H]([13CH2][13C@@H]([13CH3])[13CH2][13C@H](O)[13CH2][13CH2][13CH2][13CH2][13CH2][13CH2][13C@H](O)[13C@@H]([13CH3])N)O[13C](=O)[13CH2][13CH]([13CH2][13C](=O)O)[13C](=O)O. The van der Waals surface area contributed by atoms with Gasteiger partial charge in [0.15, 0.2) is 0 Å². The van der Waals surface area contributed by atoms with E-state index in [4.69, 9.17) is 25.4 Å². The largest absolute Gasteiger partial charge is 0.481 e. The van der Waals surface area contributed by atoms with Crippen LogP contribution in [0.25, 0.3) is 0 Å². The molecule has 15 nitrogen and oxygen atoms in total. The van der Waals surface area contributed by atoms with E-state index in [1.807, 2.05) is 6.92 Å². The van der Waals surface area contributed by atoms with Crippen molar-refractivity contribution in [1.29, 1.82) is 0 Å². The summed E-state index contributed by atoms with van der Waals surface area (Å²) in [5.41, 5.74) is 5.68. The third-order valence-electron chi connectivity index (χ3n) is 8.56. The topological polar surface area (TPSA) is 268 Å². The standard InChI is InChI=1S/C34H59NO14/c1-5-6-11-21(3)32(49-31(43)19-24(34(46)47)17-29(40)41)27(48-30(42)18-23(33(44)45)16-28(38)39)15-20(2)14-25(36)12-9-7-8-10-13-26(37)22(4)35/h20-27,32,36-37H,5-19,35H2,1-4H3,(H,38,39)(H,40,41)(H,44,45)(H,46,47)/t20-,21+,22+,23?,24?,25+,26-,27-,32+/m0/s1/i1+1,2+1,3+1,4+1,5+1,6+1,7+1,8+1,9+1,10+1,11+1,12+1,13+1,14+1,15+1,16+1,17+1,18+1,19+1,20+1,21+1,22+1,23+1,24+1,25+1,26+1,27+1,28+1,29+1,30+1,31+1,32+1,33+1,34+1. The van der Waals surface area contributed by atoms with Crippen LogP contribution in [-0.2, 0) is 38.2 Å². The number of rotatable bonds is 29. The molecule has 0 aliphatic heterocycles. The first-order valence-corrected chi connectivity index (χ1v) is 17.3. The van der Waals surface area contributed by atoms with Gasteiger partial charge in [0.05, 0.1) is 49.7 Å². The highest BCUT2D eigenvalue weighted by molar-refractivity contribution is 5.83. The van der Waals surface area contributed by atoms with E-state index >= 15 is 0 Å². The molecule has 284 valence electrons. The van der Waals surface area contributed by atoms with Gasteiger partial charge in [-0.15, -0.1) is 0 Å². The van der Waals surface area contributed by atoms with Crippen molar-refractivity contribution in [2.24, 2.45) is 29.4 Å². The molecule has 0 heterocycles. The van der Waals surface area contributed by atoms with Gasteiger partial charge in [0.1, 0.15) is 12.2 Å². The minimum absolute atomic E-state index is 0.0700. The van der Waals surface area contributed by atoms with E-state index in [-0.39, 0.29) is 24.8 Å². The number of carbonyl (C=O) groups is 6. The van der Waals surface area contributed by atoms with E-state index in [0.717, 1.165) is 32.1 Å². The van der Waals surface area contributed by atoms with Crippen LogP contribution in [0.2, 0.25) is 0 Å². The Balaban J connectivity index is 5.94.